The molecule has 1 aliphatic rings. The molecule has 2 aromatic rings. The van der Waals surface area contributed by atoms with Crippen molar-refractivity contribution in [3.8, 4) is 5.75 Å². The van der Waals surface area contributed by atoms with Gasteiger partial charge in [0.2, 0.25) is 4.77 Å². The average Bonchev–Trinajstić information content (AvgIpc) is 3.15. The highest BCUT2D eigenvalue weighted by Crippen LogP contribution is 2.26. The summed E-state index contributed by atoms with van der Waals surface area (Å²) in [6.45, 7) is 3.35. The summed E-state index contributed by atoms with van der Waals surface area (Å²) in [5.74, 6) is 1.54. The zero-order chi connectivity index (χ0) is 15.4. The molecule has 1 aromatic carbocycles. The molecule has 0 amide bonds. The van der Waals surface area contributed by atoms with Gasteiger partial charge in [0.25, 0.3) is 0 Å². The lowest BCUT2D eigenvalue weighted by Gasteiger charge is -2.07. The van der Waals surface area contributed by atoms with Crippen molar-refractivity contribution in [2.24, 2.45) is 5.10 Å². The van der Waals surface area contributed by atoms with Gasteiger partial charge in [0.05, 0.1) is 12.8 Å². The molecule has 0 saturated carbocycles. The molecule has 3 rings (SSSR count). The Morgan fingerprint density at radius 1 is 1.59 bits per heavy atom. The fourth-order valence-electron chi connectivity index (χ4n) is 2.38. The van der Waals surface area contributed by atoms with E-state index in [4.69, 9.17) is 21.7 Å². The van der Waals surface area contributed by atoms with Crippen LogP contribution in [-0.2, 0) is 4.74 Å². The lowest BCUT2D eigenvalue weighted by atomic mass is 10.2. The van der Waals surface area contributed by atoms with Gasteiger partial charge < -0.3 is 9.47 Å². The fourth-order valence-corrected chi connectivity index (χ4v) is 2.57. The van der Waals surface area contributed by atoms with E-state index in [0.29, 0.717) is 11.4 Å². The Bertz CT molecular complexity index is 716. The molecule has 1 unspecified atom stereocenters. The van der Waals surface area contributed by atoms with Crippen LogP contribution in [-0.4, -0.2) is 34.3 Å². The summed E-state index contributed by atoms with van der Waals surface area (Å²) in [4.78, 5) is 0. The van der Waals surface area contributed by atoms with Crippen molar-refractivity contribution in [1.29, 1.82) is 0 Å². The van der Waals surface area contributed by atoms with Crippen LogP contribution >= 0.6 is 12.2 Å². The number of aromatic nitrogens is 3. The topological polar surface area (TPSA) is 64.4 Å². The first-order valence-corrected chi connectivity index (χ1v) is 7.75. The monoisotopic (exact) mass is 318 g/mol. The smallest absolute Gasteiger partial charge is 0.216 e. The first-order valence-electron chi connectivity index (χ1n) is 7.34. The molecule has 22 heavy (non-hydrogen) atoms. The van der Waals surface area contributed by atoms with E-state index in [0.717, 1.165) is 36.6 Å². The van der Waals surface area contributed by atoms with Crippen LogP contribution < -0.4 is 4.74 Å². The van der Waals surface area contributed by atoms with Gasteiger partial charge in [-0.1, -0.05) is 12.1 Å². The maximum atomic E-state index is 5.65. The summed E-state index contributed by atoms with van der Waals surface area (Å²) in [6.07, 6.45) is 3.67. The van der Waals surface area contributed by atoms with Gasteiger partial charge in [-0.05, 0) is 49.7 Å². The summed E-state index contributed by atoms with van der Waals surface area (Å²) in [6, 6.07) is 7.74. The number of nitrogens with zero attached hydrogens (tertiary/aromatic N) is 3. The molecule has 116 valence electrons. The maximum Gasteiger partial charge on any atom is 0.216 e. The standard InChI is InChI=1S/C15H18N4O2S/c1-2-20-12-6-3-5-11(9-12)10-16-19-14(17-18-15(19)22)13-7-4-8-21-13/h3,5-6,9-10,13H,2,4,7-8H2,1H3,(H,18,22)/b16-10-. The van der Waals surface area contributed by atoms with Crippen LogP contribution in [0.2, 0.25) is 0 Å². The maximum absolute atomic E-state index is 5.65. The number of hydrogen-bond acceptors (Lipinski definition) is 5. The van der Waals surface area contributed by atoms with E-state index in [2.05, 4.69) is 15.3 Å². The molecular formula is C15H18N4O2S. The van der Waals surface area contributed by atoms with Crippen LogP contribution in [0.25, 0.3) is 0 Å². The van der Waals surface area contributed by atoms with Crippen molar-refractivity contribution >= 4 is 18.4 Å². The zero-order valence-electron chi connectivity index (χ0n) is 12.4. The van der Waals surface area contributed by atoms with Gasteiger partial charge in [-0.3, -0.25) is 5.10 Å². The van der Waals surface area contributed by atoms with Crippen LogP contribution in [0.5, 0.6) is 5.75 Å². The van der Waals surface area contributed by atoms with E-state index in [-0.39, 0.29) is 6.10 Å². The summed E-state index contributed by atoms with van der Waals surface area (Å²) < 4.78 is 13.2. The number of ether oxygens (including phenoxy) is 2. The normalized spacial score (nSPS) is 18.1. The third-order valence-corrected chi connectivity index (χ3v) is 3.65. The number of H-pyrrole nitrogens is 1. The predicted octanol–water partition coefficient (Wildman–Crippen LogP) is 3.07. The molecule has 1 fully saturated rings. The molecule has 1 atom stereocenters. The van der Waals surface area contributed by atoms with Gasteiger partial charge in [-0.2, -0.15) is 14.9 Å². The lowest BCUT2D eigenvalue weighted by molar-refractivity contribution is 0.102. The Balaban J connectivity index is 1.84. The molecule has 1 aromatic heterocycles. The number of nitrogens with one attached hydrogen (secondary N) is 1. The summed E-state index contributed by atoms with van der Waals surface area (Å²) in [5.41, 5.74) is 0.937. The van der Waals surface area contributed by atoms with Crippen molar-refractivity contribution in [1.82, 2.24) is 14.9 Å². The highest BCUT2D eigenvalue weighted by molar-refractivity contribution is 7.71. The van der Waals surface area contributed by atoms with Gasteiger partial charge in [0.15, 0.2) is 5.82 Å². The fraction of sp³-hybridized carbons (Fsp3) is 0.400. The van der Waals surface area contributed by atoms with Gasteiger partial charge in [0.1, 0.15) is 11.9 Å². The Labute approximate surface area is 133 Å². The van der Waals surface area contributed by atoms with E-state index in [9.17, 15) is 0 Å². The van der Waals surface area contributed by atoms with Gasteiger partial charge in [0, 0.05) is 6.61 Å². The highest BCUT2D eigenvalue weighted by atomic mass is 32.1. The van der Waals surface area contributed by atoms with Crippen molar-refractivity contribution in [2.45, 2.75) is 25.9 Å². The number of aromatic amines is 1. The predicted molar refractivity (Wildman–Crippen MR) is 85.9 cm³/mol. The number of benzene rings is 1. The van der Waals surface area contributed by atoms with Crippen LogP contribution in [0.15, 0.2) is 29.4 Å². The Morgan fingerprint density at radius 2 is 2.50 bits per heavy atom. The van der Waals surface area contributed by atoms with E-state index in [1.165, 1.54) is 0 Å². The van der Waals surface area contributed by atoms with Crippen molar-refractivity contribution < 1.29 is 9.47 Å². The van der Waals surface area contributed by atoms with E-state index < -0.39 is 0 Å². The molecule has 0 spiro atoms. The Kier molecular flexibility index (Phi) is 4.65. The third kappa shape index (κ3) is 3.26. The first-order chi connectivity index (χ1) is 10.8. The number of rotatable bonds is 5. The second-order valence-electron chi connectivity index (χ2n) is 4.95. The molecular weight excluding hydrogens is 300 g/mol. The second-order valence-corrected chi connectivity index (χ2v) is 5.34. The Hall–Kier alpha value is -1.99. The van der Waals surface area contributed by atoms with E-state index in [1.807, 2.05) is 31.2 Å². The molecule has 1 aliphatic heterocycles. The second kappa shape index (κ2) is 6.85. The van der Waals surface area contributed by atoms with Gasteiger partial charge in [-0.25, -0.2) is 0 Å². The molecule has 0 radical (unpaired) electrons. The minimum absolute atomic E-state index is 0.0418. The largest absolute Gasteiger partial charge is 0.494 e. The molecule has 0 aliphatic carbocycles. The van der Waals surface area contributed by atoms with Crippen LogP contribution in [0.3, 0.4) is 0 Å². The first kappa shape index (κ1) is 14.9. The summed E-state index contributed by atoms with van der Waals surface area (Å²) >= 11 is 5.24. The summed E-state index contributed by atoms with van der Waals surface area (Å²) in [5, 5.41) is 11.5. The molecule has 0 bridgehead atoms. The zero-order valence-corrected chi connectivity index (χ0v) is 13.2. The van der Waals surface area contributed by atoms with Gasteiger partial charge in [-0.15, -0.1) is 0 Å². The molecule has 2 heterocycles. The number of hydrogen-bond donors (Lipinski definition) is 1. The molecule has 7 heteroatoms. The van der Waals surface area contributed by atoms with Crippen molar-refractivity contribution in [3.63, 3.8) is 0 Å². The van der Waals surface area contributed by atoms with Crippen molar-refractivity contribution in [3.05, 3.63) is 40.4 Å². The minimum Gasteiger partial charge on any atom is -0.494 e. The molecule has 6 nitrogen and oxygen atoms in total. The SMILES string of the molecule is CCOc1cccc(/C=N\n2c(C3CCCO3)n[nH]c2=S)c1. The van der Waals surface area contributed by atoms with E-state index in [1.54, 1.807) is 10.9 Å². The van der Waals surface area contributed by atoms with Crippen LogP contribution in [0, 0.1) is 4.77 Å². The van der Waals surface area contributed by atoms with Gasteiger partial charge >= 0.3 is 0 Å². The van der Waals surface area contributed by atoms with Crippen LogP contribution in [0.1, 0.15) is 37.3 Å². The van der Waals surface area contributed by atoms with Crippen LogP contribution in [0.4, 0.5) is 0 Å². The van der Waals surface area contributed by atoms with Crippen molar-refractivity contribution in [2.75, 3.05) is 13.2 Å². The Morgan fingerprint density at radius 3 is 3.27 bits per heavy atom. The quantitative estimate of drug-likeness (QED) is 0.680. The lowest BCUT2D eigenvalue weighted by Crippen LogP contribution is -2.05. The average molecular weight is 318 g/mol. The minimum atomic E-state index is -0.0418. The molecule has 1 saturated heterocycles. The third-order valence-electron chi connectivity index (χ3n) is 3.38. The highest BCUT2D eigenvalue weighted by Gasteiger charge is 2.23. The summed E-state index contributed by atoms with van der Waals surface area (Å²) in [7, 11) is 0. The van der Waals surface area contributed by atoms with E-state index >= 15 is 0 Å². The molecule has 1 N–H and O–H groups in total.